The quantitative estimate of drug-likeness (QED) is 0.816. The zero-order chi connectivity index (χ0) is 11.3. The minimum absolute atomic E-state index is 0.138. The maximum atomic E-state index is 12.5. The number of hydrogen-bond donors (Lipinski definition) is 1. The second-order valence-electron chi connectivity index (χ2n) is 3.39. The van der Waals surface area contributed by atoms with E-state index in [1.165, 1.54) is 19.1 Å². The van der Waals surface area contributed by atoms with Crippen molar-refractivity contribution in [2.24, 2.45) is 0 Å². The molecule has 0 saturated carbocycles. The maximum Gasteiger partial charge on any atom is 0.223 e. The van der Waals surface area contributed by atoms with Crippen LogP contribution in [0, 0.1) is 5.82 Å². The van der Waals surface area contributed by atoms with Crippen LogP contribution in [0.3, 0.4) is 0 Å². The van der Waals surface area contributed by atoms with E-state index in [1.807, 2.05) is 0 Å². The van der Waals surface area contributed by atoms with Crippen molar-refractivity contribution < 1.29 is 13.6 Å². The van der Waals surface area contributed by atoms with Crippen molar-refractivity contribution in [3.8, 4) is 0 Å². The lowest BCUT2D eigenvalue weighted by Crippen LogP contribution is -2.24. The Bertz CT molecular complexity index is 322. The Morgan fingerprint density at radius 3 is 2.53 bits per heavy atom. The predicted octanol–water partition coefficient (Wildman–Crippen LogP) is 2.19. The molecule has 0 bridgehead atoms. The van der Waals surface area contributed by atoms with Gasteiger partial charge in [0, 0.05) is 6.54 Å². The first-order valence-electron chi connectivity index (χ1n) is 4.73. The molecule has 2 nitrogen and oxygen atoms in total. The fraction of sp³-hybridized carbons (Fsp3) is 0.364. The summed E-state index contributed by atoms with van der Waals surface area (Å²) in [5.41, 5.74) is 0.788. The van der Waals surface area contributed by atoms with Gasteiger partial charge in [-0.2, -0.15) is 0 Å². The van der Waals surface area contributed by atoms with Crippen LogP contribution in [-0.2, 0) is 11.3 Å². The summed E-state index contributed by atoms with van der Waals surface area (Å²) in [6, 6.07) is 5.79. The lowest BCUT2D eigenvalue weighted by molar-refractivity contribution is -0.122. The first kappa shape index (κ1) is 11.6. The molecular weight excluding hydrogens is 200 g/mol. The molecule has 0 saturated heterocycles. The highest BCUT2D eigenvalue weighted by Gasteiger charge is 2.06. The molecule has 1 unspecified atom stereocenters. The van der Waals surface area contributed by atoms with Gasteiger partial charge < -0.3 is 5.32 Å². The Hall–Kier alpha value is -1.45. The van der Waals surface area contributed by atoms with E-state index in [-0.39, 0.29) is 18.1 Å². The maximum absolute atomic E-state index is 12.5. The van der Waals surface area contributed by atoms with Crippen molar-refractivity contribution in [2.45, 2.75) is 26.1 Å². The largest absolute Gasteiger partial charge is 0.352 e. The molecule has 0 radical (unpaired) electrons. The Balaban J connectivity index is 2.37. The average molecular weight is 213 g/mol. The zero-order valence-electron chi connectivity index (χ0n) is 8.47. The fourth-order valence-electron chi connectivity index (χ4n) is 1.13. The SMILES string of the molecule is CC(F)CC(=O)NCc1ccc(F)cc1. The minimum Gasteiger partial charge on any atom is -0.352 e. The summed E-state index contributed by atoms with van der Waals surface area (Å²) in [6.07, 6.45) is -1.28. The molecule has 1 atom stereocenters. The minimum atomic E-state index is -1.14. The van der Waals surface area contributed by atoms with Crippen LogP contribution in [0.5, 0.6) is 0 Å². The van der Waals surface area contributed by atoms with Crippen molar-refractivity contribution in [1.29, 1.82) is 0 Å². The number of carbonyl (C=O) groups excluding carboxylic acids is 1. The predicted molar refractivity (Wildman–Crippen MR) is 53.4 cm³/mol. The van der Waals surface area contributed by atoms with Crippen molar-refractivity contribution in [3.05, 3.63) is 35.6 Å². The number of benzene rings is 1. The van der Waals surface area contributed by atoms with Crippen LogP contribution >= 0.6 is 0 Å². The number of halogens is 2. The number of nitrogens with one attached hydrogen (secondary N) is 1. The van der Waals surface area contributed by atoms with E-state index < -0.39 is 6.17 Å². The van der Waals surface area contributed by atoms with Crippen LogP contribution in [0.4, 0.5) is 8.78 Å². The van der Waals surface area contributed by atoms with Crippen LogP contribution < -0.4 is 5.32 Å². The second-order valence-corrected chi connectivity index (χ2v) is 3.39. The smallest absolute Gasteiger partial charge is 0.223 e. The summed E-state index contributed by atoms with van der Waals surface area (Å²) in [4.78, 5) is 11.1. The van der Waals surface area contributed by atoms with Gasteiger partial charge in [0.15, 0.2) is 0 Å². The Kier molecular flexibility index (Phi) is 4.21. The van der Waals surface area contributed by atoms with E-state index in [2.05, 4.69) is 5.32 Å². The molecule has 15 heavy (non-hydrogen) atoms. The number of carbonyl (C=O) groups is 1. The van der Waals surface area contributed by atoms with Gasteiger partial charge in [-0.05, 0) is 24.6 Å². The topological polar surface area (TPSA) is 29.1 Å². The molecule has 0 aromatic heterocycles. The Labute approximate surface area is 87.3 Å². The van der Waals surface area contributed by atoms with Gasteiger partial charge in [-0.3, -0.25) is 4.79 Å². The van der Waals surface area contributed by atoms with Gasteiger partial charge in [0.1, 0.15) is 12.0 Å². The molecule has 0 aliphatic heterocycles. The van der Waals surface area contributed by atoms with E-state index >= 15 is 0 Å². The number of alkyl halides is 1. The summed E-state index contributed by atoms with van der Waals surface area (Å²) >= 11 is 0. The van der Waals surface area contributed by atoms with Gasteiger partial charge in [0.25, 0.3) is 0 Å². The number of hydrogen-bond acceptors (Lipinski definition) is 1. The van der Waals surface area contributed by atoms with Crippen molar-refractivity contribution in [3.63, 3.8) is 0 Å². The van der Waals surface area contributed by atoms with Crippen LogP contribution in [-0.4, -0.2) is 12.1 Å². The van der Waals surface area contributed by atoms with E-state index in [1.54, 1.807) is 12.1 Å². The van der Waals surface area contributed by atoms with E-state index in [9.17, 15) is 13.6 Å². The van der Waals surface area contributed by atoms with Crippen molar-refractivity contribution in [1.82, 2.24) is 5.32 Å². The van der Waals surface area contributed by atoms with E-state index in [0.29, 0.717) is 6.54 Å². The molecule has 1 N–H and O–H groups in total. The third-order valence-corrected chi connectivity index (χ3v) is 1.87. The molecule has 1 amide bonds. The molecular formula is C11H13F2NO. The molecule has 0 aliphatic rings. The van der Waals surface area contributed by atoms with Crippen LogP contribution in [0.15, 0.2) is 24.3 Å². The third kappa shape index (κ3) is 4.54. The summed E-state index contributed by atoms with van der Waals surface area (Å²) < 4.78 is 24.9. The van der Waals surface area contributed by atoms with Gasteiger partial charge in [-0.15, -0.1) is 0 Å². The first-order chi connectivity index (χ1) is 7.08. The third-order valence-electron chi connectivity index (χ3n) is 1.87. The second kappa shape index (κ2) is 5.44. The highest BCUT2D eigenvalue weighted by Crippen LogP contribution is 2.02. The van der Waals surface area contributed by atoms with Crippen molar-refractivity contribution in [2.75, 3.05) is 0 Å². The lowest BCUT2D eigenvalue weighted by atomic mass is 10.2. The molecule has 4 heteroatoms. The summed E-state index contributed by atoms with van der Waals surface area (Å²) in [5.74, 6) is -0.656. The van der Waals surface area contributed by atoms with Gasteiger partial charge in [0.05, 0.1) is 6.42 Å². The molecule has 1 aromatic rings. The summed E-state index contributed by atoms with van der Waals surface area (Å²) in [7, 11) is 0. The molecule has 1 rings (SSSR count). The number of amides is 1. The Morgan fingerprint density at radius 1 is 1.40 bits per heavy atom. The van der Waals surface area contributed by atoms with E-state index in [0.717, 1.165) is 5.56 Å². The Morgan fingerprint density at radius 2 is 2.00 bits per heavy atom. The summed E-state index contributed by atoms with van der Waals surface area (Å²) in [6.45, 7) is 1.63. The van der Waals surface area contributed by atoms with Gasteiger partial charge in [-0.25, -0.2) is 8.78 Å². The van der Waals surface area contributed by atoms with Crippen LogP contribution in [0.2, 0.25) is 0 Å². The highest BCUT2D eigenvalue weighted by molar-refractivity contribution is 5.76. The molecule has 0 spiro atoms. The van der Waals surface area contributed by atoms with Crippen LogP contribution in [0.25, 0.3) is 0 Å². The van der Waals surface area contributed by atoms with E-state index in [4.69, 9.17) is 0 Å². The fourth-order valence-corrected chi connectivity index (χ4v) is 1.13. The van der Waals surface area contributed by atoms with Gasteiger partial charge in [-0.1, -0.05) is 12.1 Å². The lowest BCUT2D eigenvalue weighted by Gasteiger charge is -2.05. The van der Waals surface area contributed by atoms with Gasteiger partial charge >= 0.3 is 0 Å². The molecule has 0 aliphatic carbocycles. The molecule has 1 aromatic carbocycles. The number of rotatable bonds is 4. The van der Waals surface area contributed by atoms with Gasteiger partial charge in [0.2, 0.25) is 5.91 Å². The zero-order valence-corrected chi connectivity index (χ0v) is 8.47. The molecule has 82 valence electrons. The molecule has 0 fully saturated rings. The average Bonchev–Trinajstić information content (AvgIpc) is 2.16. The first-order valence-corrected chi connectivity index (χ1v) is 4.73. The van der Waals surface area contributed by atoms with Crippen LogP contribution in [0.1, 0.15) is 18.9 Å². The normalized spacial score (nSPS) is 12.2. The molecule has 0 heterocycles. The monoisotopic (exact) mass is 213 g/mol. The summed E-state index contributed by atoms with van der Waals surface area (Å²) in [5, 5.41) is 2.55. The van der Waals surface area contributed by atoms with Crippen molar-refractivity contribution >= 4 is 5.91 Å². The highest BCUT2D eigenvalue weighted by atomic mass is 19.1. The standard InChI is InChI=1S/C11H13F2NO/c1-8(12)6-11(15)14-7-9-2-4-10(13)5-3-9/h2-5,8H,6-7H2,1H3,(H,14,15).